The molecule has 2 heterocycles. The highest BCUT2D eigenvalue weighted by molar-refractivity contribution is 5.90. The van der Waals surface area contributed by atoms with Gasteiger partial charge in [0.05, 0.1) is 0 Å². The normalized spacial score (nSPS) is 15.6. The first-order chi connectivity index (χ1) is 14.2. The molecule has 0 radical (unpaired) electrons. The van der Waals surface area contributed by atoms with Crippen LogP contribution in [0.4, 0.5) is 0 Å². The Hall–Kier alpha value is -2.63. The lowest BCUT2D eigenvalue weighted by Crippen LogP contribution is -2.47. The van der Waals surface area contributed by atoms with E-state index in [9.17, 15) is 4.79 Å². The van der Waals surface area contributed by atoms with Gasteiger partial charge in [-0.3, -0.25) is 9.69 Å². The van der Waals surface area contributed by atoms with Crippen LogP contribution in [0.15, 0.2) is 54.6 Å². The molecule has 5 nitrogen and oxygen atoms in total. The van der Waals surface area contributed by atoms with Crippen molar-refractivity contribution in [2.45, 2.75) is 13.3 Å². The number of carbonyl (C=O) groups is 1. The molecule has 0 aliphatic carbocycles. The van der Waals surface area contributed by atoms with E-state index in [-0.39, 0.29) is 5.97 Å². The number of nitrogens with one attached hydrogen (secondary N) is 1. The molecule has 1 aromatic heterocycles. The number of fused-ring (bicyclic) bond motifs is 1. The van der Waals surface area contributed by atoms with Crippen molar-refractivity contribution in [3.63, 3.8) is 0 Å². The van der Waals surface area contributed by atoms with E-state index < -0.39 is 0 Å². The van der Waals surface area contributed by atoms with E-state index in [0.29, 0.717) is 6.61 Å². The van der Waals surface area contributed by atoms with Gasteiger partial charge in [-0.1, -0.05) is 48.5 Å². The number of piperazine rings is 1. The van der Waals surface area contributed by atoms with Crippen LogP contribution in [0.3, 0.4) is 0 Å². The summed E-state index contributed by atoms with van der Waals surface area (Å²) in [5, 5.41) is 1.33. The van der Waals surface area contributed by atoms with E-state index in [4.69, 9.17) is 4.74 Å². The van der Waals surface area contributed by atoms with Crippen molar-refractivity contribution in [3.05, 3.63) is 60.2 Å². The number of hydrogen-bond donors (Lipinski definition) is 1. The first kappa shape index (κ1) is 19.7. The molecule has 1 aliphatic heterocycles. The summed E-state index contributed by atoms with van der Waals surface area (Å²) >= 11 is 0. The third kappa shape index (κ3) is 4.86. The Morgan fingerprint density at radius 1 is 0.931 bits per heavy atom. The summed E-state index contributed by atoms with van der Waals surface area (Å²) in [7, 11) is 0. The summed E-state index contributed by atoms with van der Waals surface area (Å²) in [6.45, 7) is 8.01. The molecule has 0 atom stereocenters. The zero-order valence-corrected chi connectivity index (χ0v) is 17.1. The molecule has 0 spiro atoms. The fourth-order valence-electron chi connectivity index (χ4n) is 4.14. The van der Waals surface area contributed by atoms with Gasteiger partial charge in [-0.25, -0.2) is 0 Å². The van der Waals surface area contributed by atoms with E-state index in [1.807, 2.05) is 0 Å². The molecule has 152 valence electrons. The van der Waals surface area contributed by atoms with E-state index in [1.54, 1.807) is 0 Å². The molecular formula is C24H29N3O2. The number of H-pyrrole nitrogens is 1. The number of carbonyl (C=O) groups excluding carboxylic acids is 1. The van der Waals surface area contributed by atoms with Crippen LogP contribution in [-0.2, 0) is 16.0 Å². The summed E-state index contributed by atoms with van der Waals surface area (Å²) in [6, 6.07) is 19.2. The summed E-state index contributed by atoms with van der Waals surface area (Å²) in [5.74, 6) is -0.198. The smallest absolute Gasteiger partial charge is 0.302 e. The Morgan fingerprint density at radius 2 is 1.59 bits per heavy atom. The fourth-order valence-corrected chi connectivity index (χ4v) is 4.14. The molecular weight excluding hydrogens is 362 g/mol. The molecule has 0 bridgehead atoms. The molecule has 0 unspecified atom stereocenters. The predicted molar refractivity (Wildman–Crippen MR) is 117 cm³/mol. The van der Waals surface area contributed by atoms with Crippen LogP contribution in [0.25, 0.3) is 22.2 Å². The number of nitrogens with zero attached hydrogens (tertiary/aromatic N) is 2. The van der Waals surface area contributed by atoms with Crippen molar-refractivity contribution in [3.8, 4) is 11.3 Å². The minimum atomic E-state index is -0.198. The van der Waals surface area contributed by atoms with Crippen molar-refractivity contribution in [1.29, 1.82) is 0 Å². The second-order valence-corrected chi connectivity index (χ2v) is 7.66. The Labute approximate surface area is 172 Å². The maximum atomic E-state index is 10.9. The summed E-state index contributed by atoms with van der Waals surface area (Å²) in [6.07, 6.45) is 1.03. The summed E-state index contributed by atoms with van der Waals surface area (Å²) in [4.78, 5) is 19.5. The van der Waals surface area contributed by atoms with Gasteiger partial charge in [-0.05, 0) is 23.6 Å². The summed E-state index contributed by atoms with van der Waals surface area (Å²) in [5.41, 5.74) is 5.10. The van der Waals surface area contributed by atoms with Crippen molar-refractivity contribution in [2.24, 2.45) is 0 Å². The van der Waals surface area contributed by atoms with E-state index in [2.05, 4.69) is 69.4 Å². The molecule has 0 amide bonds. The monoisotopic (exact) mass is 391 g/mol. The van der Waals surface area contributed by atoms with Crippen LogP contribution < -0.4 is 0 Å². The number of ether oxygens (including phenoxy) is 1. The van der Waals surface area contributed by atoms with Crippen LogP contribution in [0.5, 0.6) is 0 Å². The van der Waals surface area contributed by atoms with Gasteiger partial charge in [-0.2, -0.15) is 0 Å². The van der Waals surface area contributed by atoms with Gasteiger partial charge in [0, 0.05) is 62.8 Å². The topological polar surface area (TPSA) is 48.6 Å². The number of benzene rings is 2. The predicted octanol–water partition coefficient (Wildman–Crippen LogP) is 3.56. The van der Waals surface area contributed by atoms with Crippen LogP contribution in [-0.4, -0.2) is 66.6 Å². The maximum Gasteiger partial charge on any atom is 0.302 e. The van der Waals surface area contributed by atoms with Crippen LogP contribution in [0.1, 0.15) is 12.5 Å². The van der Waals surface area contributed by atoms with Crippen molar-refractivity contribution >= 4 is 16.9 Å². The Bertz CT molecular complexity index is 943. The van der Waals surface area contributed by atoms with Gasteiger partial charge in [-0.15, -0.1) is 0 Å². The fraction of sp³-hybridized carbons (Fsp3) is 0.375. The molecule has 5 heteroatoms. The average molecular weight is 392 g/mol. The van der Waals surface area contributed by atoms with Gasteiger partial charge in [0.1, 0.15) is 6.61 Å². The maximum absolute atomic E-state index is 10.9. The first-order valence-corrected chi connectivity index (χ1v) is 10.4. The number of aromatic amines is 1. The van der Waals surface area contributed by atoms with Gasteiger partial charge >= 0.3 is 5.97 Å². The zero-order chi connectivity index (χ0) is 20.1. The number of esters is 1. The second-order valence-electron chi connectivity index (χ2n) is 7.66. The lowest BCUT2D eigenvalue weighted by atomic mass is 10.0. The number of hydrogen-bond acceptors (Lipinski definition) is 4. The van der Waals surface area contributed by atoms with Gasteiger partial charge in [0.25, 0.3) is 0 Å². The molecule has 1 aliphatic rings. The van der Waals surface area contributed by atoms with Crippen molar-refractivity contribution in [2.75, 3.05) is 45.9 Å². The highest BCUT2D eigenvalue weighted by atomic mass is 16.5. The van der Waals surface area contributed by atoms with E-state index >= 15 is 0 Å². The third-order valence-corrected chi connectivity index (χ3v) is 5.73. The lowest BCUT2D eigenvalue weighted by molar-refractivity contribution is -0.141. The van der Waals surface area contributed by atoms with Crippen molar-refractivity contribution < 1.29 is 9.53 Å². The number of aromatic nitrogens is 1. The van der Waals surface area contributed by atoms with Crippen LogP contribution >= 0.6 is 0 Å². The largest absolute Gasteiger partial charge is 0.465 e. The molecule has 2 aromatic carbocycles. The molecule has 1 fully saturated rings. The first-order valence-electron chi connectivity index (χ1n) is 10.4. The number of para-hydroxylation sites is 1. The molecule has 4 rings (SSSR count). The van der Waals surface area contributed by atoms with Crippen molar-refractivity contribution in [1.82, 2.24) is 14.8 Å². The minimum absolute atomic E-state index is 0.198. The van der Waals surface area contributed by atoms with Gasteiger partial charge < -0.3 is 14.6 Å². The highest BCUT2D eigenvalue weighted by Crippen LogP contribution is 2.30. The quantitative estimate of drug-likeness (QED) is 0.626. The molecule has 29 heavy (non-hydrogen) atoms. The Morgan fingerprint density at radius 3 is 2.31 bits per heavy atom. The SMILES string of the molecule is CC(=O)OCCN1CCN(CCc2c(-c3ccccc3)[nH]c3ccccc23)CC1. The molecule has 1 saturated heterocycles. The van der Waals surface area contributed by atoms with Gasteiger partial charge in [0.2, 0.25) is 0 Å². The lowest BCUT2D eigenvalue weighted by Gasteiger charge is -2.34. The van der Waals surface area contributed by atoms with Crippen LogP contribution in [0, 0.1) is 0 Å². The van der Waals surface area contributed by atoms with Crippen LogP contribution in [0.2, 0.25) is 0 Å². The molecule has 1 N–H and O–H groups in total. The highest BCUT2D eigenvalue weighted by Gasteiger charge is 2.19. The average Bonchev–Trinajstić information content (AvgIpc) is 3.12. The second kappa shape index (κ2) is 9.25. The van der Waals surface area contributed by atoms with Gasteiger partial charge in [0.15, 0.2) is 0 Å². The molecule has 0 saturated carbocycles. The van der Waals surface area contributed by atoms with E-state index in [0.717, 1.165) is 45.7 Å². The summed E-state index contributed by atoms with van der Waals surface area (Å²) < 4.78 is 5.07. The Balaban J connectivity index is 1.40. The van der Waals surface area contributed by atoms with E-state index in [1.165, 1.54) is 34.6 Å². The zero-order valence-electron chi connectivity index (χ0n) is 17.1. The molecule has 3 aromatic rings. The third-order valence-electron chi connectivity index (χ3n) is 5.73. The minimum Gasteiger partial charge on any atom is -0.465 e. The number of rotatable bonds is 7. The Kier molecular flexibility index (Phi) is 6.27. The standard InChI is InChI=1S/C24H29N3O2/c1-19(28)29-18-17-27-15-13-26(14-16-27)12-11-22-21-9-5-6-10-23(21)25-24(22)20-7-3-2-4-8-20/h2-10,25H,11-18H2,1H3.